The van der Waals surface area contributed by atoms with Crippen LogP contribution in [-0.4, -0.2) is 12.6 Å². The maximum Gasteiger partial charge on any atom is 0.00719 e. The van der Waals surface area contributed by atoms with Crippen LogP contribution < -0.4 is 5.32 Å². The summed E-state index contributed by atoms with van der Waals surface area (Å²) in [5.74, 6) is 2.65. The average Bonchev–Trinajstić information content (AvgIpc) is 2.28. The Balaban J connectivity index is 2.18. The van der Waals surface area contributed by atoms with Crippen LogP contribution in [0.2, 0.25) is 0 Å². The molecule has 1 saturated carbocycles. The van der Waals surface area contributed by atoms with Crippen LogP contribution in [0, 0.1) is 17.8 Å². The van der Waals surface area contributed by atoms with Crippen LogP contribution in [0.15, 0.2) is 0 Å². The fourth-order valence-electron chi connectivity index (χ4n) is 3.37. The number of hydrogen-bond acceptors (Lipinski definition) is 1. The Morgan fingerprint density at radius 2 is 1.44 bits per heavy atom. The highest BCUT2D eigenvalue weighted by Gasteiger charge is 2.15. The van der Waals surface area contributed by atoms with Crippen molar-refractivity contribution in [1.29, 1.82) is 0 Å². The van der Waals surface area contributed by atoms with Gasteiger partial charge < -0.3 is 5.32 Å². The normalized spacial score (nSPS) is 18.2. The summed E-state index contributed by atoms with van der Waals surface area (Å²) >= 11 is 0. The van der Waals surface area contributed by atoms with Gasteiger partial charge in [-0.1, -0.05) is 59.8 Å². The van der Waals surface area contributed by atoms with Gasteiger partial charge in [0.05, 0.1) is 0 Å². The molecule has 0 aromatic rings. The second kappa shape index (κ2) is 8.96. The van der Waals surface area contributed by atoms with E-state index in [1.54, 1.807) is 0 Å². The van der Waals surface area contributed by atoms with E-state index in [1.165, 1.54) is 57.9 Å². The molecule has 0 saturated heterocycles. The lowest BCUT2D eigenvalue weighted by molar-refractivity contribution is 0.308. The molecule has 108 valence electrons. The maximum absolute atomic E-state index is 3.83. The van der Waals surface area contributed by atoms with Crippen LogP contribution in [0.5, 0.6) is 0 Å². The van der Waals surface area contributed by atoms with Crippen molar-refractivity contribution in [1.82, 2.24) is 5.32 Å². The Morgan fingerprint density at radius 1 is 0.889 bits per heavy atom. The molecule has 1 heteroatoms. The lowest BCUT2D eigenvalue weighted by Crippen LogP contribution is -2.33. The van der Waals surface area contributed by atoms with Crippen molar-refractivity contribution < 1.29 is 0 Å². The monoisotopic (exact) mass is 253 g/mol. The molecule has 1 N–H and O–H groups in total. The molecule has 0 bridgehead atoms. The molecule has 0 spiro atoms. The highest BCUT2D eigenvalue weighted by Crippen LogP contribution is 2.26. The second-order valence-corrected chi connectivity index (χ2v) is 7.20. The first kappa shape index (κ1) is 16.0. The molecular formula is C17H35N. The van der Waals surface area contributed by atoms with E-state index in [0.717, 1.165) is 23.8 Å². The second-order valence-electron chi connectivity index (χ2n) is 7.20. The molecule has 0 aromatic carbocycles. The molecular weight excluding hydrogens is 218 g/mol. The minimum Gasteiger partial charge on any atom is -0.314 e. The zero-order valence-corrected chi connectivity index (χ0v) is 13.2. The quantitative estimate of drug-likeness (QED) is 0.641. The molecule has 1 aliphatic rings. The smallest absolute Gasteiger partial charge is 0.00719 e. The topological polar surface area (TPSA) is 12.0 Å². The fourth-order valence-corrected chi connectivity index (χ4v) is 3.37. The molecule has 0 unspecified atom stereocenters. The van der Waals surface area contributed by atoms with Gasteiger partial charge in [0.2, 0.25) is 0 Å². The van der Waals surface area contributed by atoms with E-state index in [1.807, 2.05) is 0 Å². The van der Waals surface area contributed by atoms with E-state index in [9.17, 15) is 0 Å². The van der Waals surface area contributed by atoms with E-state index in [-0.39, 0.29) is 0 Å². The standard InChI is InChI=1S/C17H35N/c1-14(2)12-17(13-15(3)4)18-11-10-16-8-6-5-7-9-16/h14-18H,5-13H2,1-4H3. The van der Waals surface area contributed by atoms with Crippen molar-refractivity contribution in [3.05, 3.63) is 0 Å². The van der Waals surface area contributed by atoms with E-state index in [0.29, 0.717) is 0 Å². The molecule has 0 aromatic heterocycles. The summed E-state index contributed by atoms with van der Waals surface area (Å²) < 4.78 is 0. The lowest BCUT2D eigenvalue weighted by Gasteiger charge is -2.25. The highest BCUT2D eigenvalue weighted by atomic mass is 14.9. The molecule has 1 nitrogen and oxygen atoms in total. The summed E-state index contributed by atoms with van der Waals surface area (Å²) in [6.45, 7) is 10.6. The van der Waals surface area contributed by atoms with Gasteiger partial charge in [0, 0.05) is 6.04 Å². The van der Waals surface area contributed by atoms with Gasteiger partial charge in [-0.3, -0.25) is 0 Å². The summed E-state index contributed by atoms with van der Waals surface area (Å²) in [6, 6.07) is 0.744. The van der Waals surface area contributed by atoms with Gasteiger partial charge in [0.25, 0.3) is 0 Å². The first-order valence-electron chi connectivity index (χ1n) is 8.31. The van der Waals surface area contributed by atoms with Crippen LogP contribution in [0.25, 0.3) is 0 Å². The average molecular weight is 253 g/mol. The van der Waals surface area contributed by atoms with Gasteiger partial charge in [0.15, 0.2) is 0 Å². The third-order valence-corrected chi connectivity index (χ3v) is 4.22. The van der Waals surface area contributed by atoms with Gasteiger partial charge in [-0.15, -0.1) is 0 Å². The summed E-state index contributed by atoms with van der Waals surface area (Å²) in [5.41, 5.74) is 0. The number of hydrogen-bond donors (Lipinski definition) is 1. The predicted octanol–water partition coefficient (Wildman–Crippen LogP) is 5.01. The van der Waals surface area contributed by atoms with E-state index < -0.39 is 0 Å². The van der Waals surface area contributed by atoms with E-state index in [2.05, 4.69) is 33.0 Å². The first-order chi connectivity index (χ1) is 8.58. The van der Waals surface area contributed by atoms with E-state index in [4.69, 9.17) is 0 Å². The van der Waals surface area contributed by atoms with E-state index >= 15 is 0 Å². The number of rotatable bonds is 8. The van der Waals surface area contributed by atoms with Gasteiger partial charge in [-0.05, 0) is 43.6 Å². The predicted molar refractivity (Wildman–Crippen MR) is 81.9 cm³/mol. The largest absolute Gasteiger partial charge is 0.314 e. The Hall–Kier alpha value is -0.0400. The molecule has 0 atom stereocenters. The highest BCUT2D eigenvalue weighted by molar-refractivity contribution is 4.72. The third kappa shape index (κ3) is 7.41. The minimum absolute atomic E-state index is 0.744. The van der Waals surface area contributed by atoms with Crippen molar-refractivity contribution in [2.45, 2.75) is 85.1 Å². The zero-order valence-electron chi connectivity index (χ0n) is 13.2. The van der Waals surface area contributed by atoms with Crippen molar-refractivity contribution in [3.8, 4) is 0 Å². The zero-order chi connectivity index (χ0) is 13.4. The fraction of sp³-hybridized carbons (Fsp3) is 1.00. The molecule has 0 radical (unpaired) electrons. The Kier molecular flexibility index (Phi) is 7.97. The summed E-state index contributed by atoms with van der Waals surface area (Å²) in [6.07, 6.45) is 11.5. The Bertz CT molecular complexity index is 182. The molecule has 1 aliphatic carbocycles. The van der Waals surface area contributed by atoms with Gasteiger partial charge in [-0.25, -0.2) is 0 Å². The first-order valence-corrected chi connectivity index (χ1v) is 8.31. The molecule has 0 heterocycles. The summed E-state index contributed by atoms with van der Waals surface area (Å²) in [5, 5.41) is 3.83. The van der Waals surface area contributed by atoms with Crippen molar-refractivity contribution in [2.24, 2.45) is 17.8 Å². The van der Waals surface area contributed by atoms with Crippen LogP contribution >= 0.6 is 0 Å². The van der Waals surface area contributed by atoms with Crippen LogP contribution in [0.4, 0.5) is 0 Å². The minimum atomic E-state index is 0.744. The molecule has 18 heavy (non-hydrogen) atoms. The third-order valence-electron chi connectivity index (χ3n) is 4.22. The van der Waals surface area contributed by atoms with Gasteiger partial charge in [0.1, 0.15) is 0 Å². The van der Waals surface area contributed by atoms with Crippen LogP contribution in [-0.2, 0) is 0 Å². The summed E-state index contributed by atoms with van der Waals surface area (Å²) in [7, 11) is 0. The lowest BCUT2D eigenvalue weighted by atomic mass is 9.87. The van der Waals surface area contributed by atoms with Gasteiger partial charge in [-0.2, -0.15) is 0 Å². The molecule has 0 amide bonds. The van der Waals surface area contributed by atoms with Gasteiger partial charge >= 0.3 is 0 Å². The molecule has 0 aliphatic heterocycles. The number of nitrogens with one attached hydrogen (secondary N) is 1. The molecule has 1 fully saturated rings. The van der Waals surface area contributed by atoms with Crippen LogP contribution in [0.3, 0.4) is 0 Å². The van der Waals surface area contributed by atoms with Crippen molar-refractivity contribution in [2.75, 3.05) is 6.54 Å². The SMILES string of the molecule is CC(C)CC(CC(C)C)NCCC1CCCCC1. The van der Waals surface area contributed by atoms with Crippen LogP contribution in [0.1, 0.15) is 79.1 Å². The van der Waals surface area contributed by atoms with Crippen molar-refractivity contribution in [3.63, 3.8) is 0 Å². The molecule has 1 rings (SSSR count). The Labute approximate surface area is 115 Å². The van der Waals surface area contributed by atoms with Crippen molar-refractivity contribution >= 4 is 0 Å². The maximum atomic E-state index is 3.83. The Morgan fingerprint density at radius 3 is 1.94 bits per heavy atom. The summed E-state index contributed by atoms with van der Waals surface area (Å²) in [4.78, 5) is 0.